The number of halogens is 2. The smallest absolute Gasteiger partial charge is 1.00 e. The number of likely N-dealkylation sites (N-methyl/N-ethyl adjacent to an activating group) is 1. The summed E-state index contributed by atoms with van der Waals surface area (Å²) in [7, 11) is 4.21. The van der Waals surface area contributed by atoms with Crippen molar-refractivity contribution in [3.8, 4) is 0 Å². The van der Waals surface area contributed by atoms with Crippen LogP contribution in [0.15, 0.2) is 72.3 Å². The Hall–Kier alpha value is -1.16. The van der Waals surface area contributed by atoms with Crippen molar-refractivity contribution in [3.05, 3.63) is 96.1 Å². The molecule has 5 heteroatoms. The van der Waals surface area contributed by atoms with Gasteiger partial charge in [0.25, 0.3) is 0 Å². The van der Waals surface area contributed by atoms with E-state index in [1.54, 1.807) is 12.1 Å². The third kappa shape index (κ3) is 8.48. The molecule has 0 heterocycles. The van der Waals surface area contributed by atoms with E-state index in [4.69, 9.17) is 5.73 Å². The average molecular weight is 423 g/mol. The maximum Gasteiger partial charge on any atom is 2.00 e. The fourth-order valence-electron chi connectivity index (χ4n) is 2.58. The first-order chi connectivity index (χ1) is 11.1. The molecule has 0 aliphatic heterocycles. The van der Waals surface area contributed by atoms with Crippen LogP contribution in [0.2, 0.25) is 0 Å². The van der Waals surface area contributed by atoms with Gasteiger partial charge in [-0.25, -0.2) is 0 Å². The second-order valence-electron chi connectivity index (χ2n) is 5.87. The van der Waals surface area contributed by atoms with Gasteiger partial charge in [-0.2, -0.15) is 18.6 Å². The molecule has 1 aliphatic rings. The van der Waals surface area contributed by atoms with Crippen molar-refractivity contribution < 1.29 is 46.5 Å². The van der Waals surface area contributed by atoms with Crippen molar-refractivity contribution in [1.29, 1.82) is 0 Å². The maximum absolute atomic E-state index is 7.00. The number of hydrogen-bond acceptors (Lipinski definition) is 1. The number of rotatable bonds is 3. The third-order valence-electron chi connectivity index (χ3n) is 3.63. The molecule has 3 rings (SSSR count). The summed E-state index contributed by atoms with van der Waals surface area (Å²) in [5, 5.41) is 0. The van der Waals surface area contributed by atoms with Gasteiger partial charge < -0.3 is 35.4 Å². The summed E-state index contributed by atoms with van der Waals surface area (Å²) in [5.41, 5.74) is 12.8. The number of allylic oxidation sites excluding steroid dienone is 2. The Balaban J connectivity index is 0. The molecular weight excluding hydrogens is 399 g/mol. The second-order valence-corrected chi connectivity index (χ2v) is 5.87. The molecule has 26 heavy (non-hydrogen) atoms. The monoisotopic (exact) mass is 422 g/mol. The van der Waals surface area contributed by atoms with Crippen LogP contribution in [0.4, 0.5) is 5.69 Å². The first-order valence-corrected chi connectivity index (χ1v) is 7.79. The summed E-state index contributed by atoms with van der Waals surface area (Å²) in [6.45, 7) is 5.10. The van der Waals surface area contributed by atoms with Gasteiger partial charge in [0.05, 0.1) is 0 Å². The van der Waals surface area contributed by atoms with E-state index in [0.29, 0.717) is 5.69 Å². The number of hydrogen-bond donors (Lipinski definition) is 0. The van der Waals surface area contributed by atoms with Crippen LogP contribution in [0.3, 0.4) is 0 Å². The Kier molecular flexibility index (Phi) is 14.5. The van der Waals surface area contributed by atoms with E-state index in [1.807, 2.05) is 24.3 Å². The largest absolute Gasteiger partial charge is 2.00 e. The topological polar surface area (TPSA) is 27.0 Å². The van der Waals surface area contributed by atoms with Gasteiger partial charge >= 0.3 is 21.7 Å². The van der Waals surface area contributed by atoms with E-state index in [1.165, 1.54) is 16.7 Å². The van der Waals surface area contributed by atoms with E-state index in [2.05, 4.69) is 56.3 Å². The Labute approximate surface area is 185 Å². The first kappa shape index (κ1) is 27.1. The molecule has 0 radical (unpaired) electrons. The van der Waals surface area contributed by atoms with E-state index in [0.717, 1.165) is 18.5 Å². The minimum Gasteiger partial charge on any atom is -1.00 e. The van der Waals surface area contributed by atoms with Crippen LogP contribution in [-0.4, -0.2) is 25.5 Å². The van der Waals surface area contributed by atoms with Crippen LogP contribution in [0.5, 0.6) is 0 Å². The van der Waals surface area contributed by atoms with Crippen molar-refractivity contribution >= 4 is 11.3 Å². The predicted octanol–water partition coefficient (Wildman–Crippen LogP) is -0.480. The summed E-state index contributed by atoms with van der Waals surface area (Å²) in [4.78, 5) is 2.21. The molecule has 2 aromatic rings. The van der Waals surface area contributed by atoms with Gasteiger partial charge in [0.1, 0.15) is 0 Å². The van der Waals surface area contributed by atoms with Gasteiger partial charge in [0.15, 0.2) is 0 Å². The van der Waals surface area contributed by atoms with Gasteiger partial charge in [-0.15, -0.1) is 23.4 Å². The Morgan fingerprint density at radius 3 is 2.04 bits per heavy atom. The predicted molar refractivity (Wildman–Crippen MR) is 101 cm³/mol. The zero-order chi connectivity index (χ0) is 16.7. The Morgan fingerprint density at radius 2 is 1.54 bits per heavy atom. The van der Waals surface area contributed by atoms with Crippen LogP contribution >= 0.6 is 0 Å². The molecule has 0 spiro atoms. The molecule has 0 unspecified atom stereocenters. The molecule has 0 fully saturated rings. The zero-order valence-corrected chi connectivity index (χ0v) is 18.2. The van der Waals surface area contributed by atoms with Crippen molar-refractivity contribution in [3.63, 3.8) is 0 Å². The molecular formula is C21H24Cl2N2Ti-2. The number of nitrogens with zero attached hydrogens (tertiary/aromatic N) is 1. The van der Waals surface area contributed by atoms with Crippen molar-refractivity contribution in [2.75, 3.05) is 20.6 Å². The normalized spacial score (nSPS) is 11.7. The molecule has 2 aromatic carbocycles. The fourth-order valence-corrected chi connectivity index (χ4v) is 2.58. The summed E-state index contributed by atoms with van der Waals surface area (Å²) >= 11 is 0. The van der Waals surface area contributed by atoms with Gasteiger partial charge in [0.2, 0.25) is 0 Å². The van der Waals surface area contributed by atoms with Crippen LogP contribution in [0, 0.1) is 6.92 Å². The SMILES string of the molecule is [CH2-]c1ccccc1C1=C(CN(C)C)C=CC1.[Cl-].[Cl-].[NH-]c1ccccc1.[Ti+2]. The Bertz CT molecular complexity index is 698. The minimum absolute atomic E-state index is 0. The van der Waals surface area contributed by atoms with Crippen LogP contribution in [0.1, 0.15) is 17.5 Å². The van der Waals surface area contributed by atoms with Crippen LogP contribution in [-0.2, 0) is 21.7 Å². The molecule has 0 saturated carbocycles. The van der Waals surface area contributed by atoms with Gasteiger partial charge in [-0.05, 0) is 26.1 Å². The van der Waals surface area contributed by atoms with E-state index >= 15 is 0 Å². The third-order valence-corrected chi connectivity index (χ3v) is 3.63. The van der Waals surface area contributed by atoms with E-state index < -0.39 is 0 Å². The minimum atomic E-state index is 0. The molecule has 0 amide bonds. The number of benzene rings is 2. The van der Waals surface area contributed by atoms with Gasteiger partial charge in [-0.3, -0.25) is 0 Å². The average Bonchev–Trinajstić information content (AvgIpc) is 2.96. The van der Waals surface area contributed by atoms with Gasteiger partial charge in [-0.1, -0.05) is 54.1 Å². The second kappa shape index (κ2) is 14.0. The molecule has 1 aliphatic carbocycles. The zero-order valence-electron chi connectivity index (χ0n) is 15.2. The molecule has 0 atom stereocenters. The van der Waals surface area contributed by atoms with Crippen molar-refractivity contribution in [2.24, 2.45) is 0 Å². The van der Waals surface area contributed by atoms with E-state index in [9.17, 15) is 0 Å². The molecule has 0 aromatic heterocycles. The quantitative estimate of drug-likeness (QED) is 0.484. The maximum atomic E-state index is 7.00. The fraction of sp³-hybridized carbons (Fsp3) is 0.190. The molecule has 2 nitrogen and oxygen atoms in total. The van der Waals surface area contributed by atoms with Crippen molar-refractivity contribution in [1.82, 2.24) is 4.90 Å². The van der Waals surface area contributed by atoms with Crippen LogP contribution in [0.25, 0.3) is 11.3 Å². The summed E-state index contributed by atoms with van der Waals surface area (Å²) < 4.78 is 0. The standard InChI is InChI=1S/C15H18N.C6H6N.2ClH.Ti/c1-12-7-4-5-9-14(12)15-10-6-8-13(15)11-16(2)3;7-6-4-2-1-3-5-6;;;/h4-9H,1,10-11H2,2-3H3;1-5,7H;2*1H;/q2*-1;;;+2/p-2. The summed E-state index contributed by atoms with van der Waals surface area (Å²) in [5.74, 6) is 0. The van der Waals surface area contributed by atoms with Crippen molar-refractivity contribution in [2.45, 2.75) is 6.42 Å². The summed E-state index contributed by atoms with van der Waals surface area (Å²) in [6.07, 6.45) is 5.51. The van der Waals surface area contributed by atoms with E-state index in [-0.39, 0.29) is 46.5 Å². The summed E-state index contributed by atoms with van der Waals surface area (Å²) in [6, 6.07) is 17.5. The molecule has 1 N–H and O–H groups in total. The first-order valence-electron chi connectivity index (χ1n) is 7.79. The van der Waals surface area contributed by atoms with Crippen LogP contribution < -0.4 is 24.8 Å². The number of nitrogens with one attached hydrogen (secondary N) is 1. The molecule has 138 valence electrons. The molecule has 0 bridgehead atoms. The van der Waals surface area contributed by atoms with Gasteiger partial charge in [0, 0.05) is 6.54 Å². The molecule has 0 saturated heterocycles. The Morgan fingerprint density at radius 1 is 0.962 bits per heavy atom.